The number of nitrogens with one attached hydrogen (secondary N) is 2. The maximum Gasteiger partial charge on any atom is 0.223 e. The van der Waals surface area contributed by atoms with Gasteiger partial charge in [-0.3, -0.25) is 4.79 Å². The number of fused-ring (bicyclic) bond motifs is 1. The molecule has 0 atom stereocenters. The Morgan fingerprint density at radius 3 is 2.75 bits per heavy atom. The topological polar surface area (TPSA) is 54.1 Å². The minimum absolute atomic E-state index is 0.144. The van der Waals surface area contributed by atoms with E-state index in [1.807, 2.05) is 12.1 Å². The summed E-state index contributed by atoms with van der Waals surface area (Å²) in [6, 6.07) is 6.06. The molecule has 0 bridgehead atoms. The predicted molar refractivity (Wildman–Crippen MR) is 97.5 cm³/mol. The van der Waals surface area contributed by atoms with E-state index in [1.54, 1.807) is 7.11 Å². The van der Waals surface area contributed by atoms with E-state index >= 15 is 0 Å². The molecule has 1 fully saturated rings. The molecule has 1 aromatic heterocycles. The highest BCUT2D eigenvalue weighted by Crippen LogP contribution is 2.32. The summed E-state index contributed by atoms with van der Waals surface area (Å²) < 4.78 is 5.35. The molecule has 1 amide bonds. The normalized spacial score (nSPS) is 16.3. The van der Waals surface area contributed by atoms with Gasteiger partial charge in [0, 0.05) is 35.0 Å². The smallest absolute Gasteiger partial charge is 0.223 e. The molecule has 24 heavy (non-hydrogen) atoms. The molecule has 130 valence electrons. The summed E-state index contributed by atoms with van der Waals surface area (Å²) >= 11 is 0. The quantitative estimate of drug-likeness (QED) is 0.866. The fourth-order valence-corrected chi connectivity index (χ4v) is 3.70. The Kier molecular flexibility index (Phi) is 4.83. The molecule has 1 aromatic carbocycles. The number of amides is 1. The van der Waals surface area contributed by atoms with E-state index < -0.39 is 0 Å². The van der Waals surface area contributed by atoms with Gasteiger partial charge in [-0.2, -0.15) is 0 Å². The van der Waals surface area contributed by atoms with E-state index in [1.165, 1.54) is 24.8 Å². The van der Waals surface area contributed by atoms with Gasteiger partial charge in [-0.1, -0.05) is 33.1 Å². The average molecular weight is 328 g/mol. The first-order valence-corrected chi connectivity index (χ1v) is 8.94. The lowest BCUT2D eigenvalue weighted by Crippen LogP contribution is -2.40. The third-order valence-electron chi connectivity index (χ3n) is 5.30. The lowest BCUT2D eigenvalue weighted by atomic mass is 9.83. The number of methoxy groups -OCH3 is 1. The minimum atomic E-state index is -0.144. The fourth-order valence-electron chi connectivity index (χ4n) is 3.70. The number of H-pyrrole nitrogens is 1. The van der Waals surface area contributed by atoms with Gasteiger partial charge in [0.05, 0.1) is 7.11 Å². The number of hydrogen-bond donors (Lipinski definition) is 2. The summed E-state index contributed by atoms with van der Waals surface area (Å²) in [5, 5.41) is 4.35. The van der Waals surface area contributed by atoms with Crippen molar-refractivity contribution < 1.29 is 9.53 Å². The Morgan fingerprint density at radius 1 is 1.29 bits per heavy atom. The van der Waals surface area contributed by atoms with Crippen molar-refractivity contribution in [2.24, 2.45) is 5.92 Å². The zero-order valence-corrected chi connectivity index (χ0v) is 14.9. The number of aromatic nitrogens is 1. The second kappa shape index (κ2) is 6.88. The highest BCUT2D eigenvalue weighted by Gasteiger charge is 2.27. The molecule has 2 N–H and O–H groups in total. The van der Waals surface area contributed by atoms with Crippen LogP contribution in [0.3, 0.4) is 0 Å². The van der Waals surface area contributed by atoms with Gasteiger partial charge in [0.15, 0.2) is 0 Å². The second-order valence-electron chi connectivity index (χ2n) is 7.55. The van der Waals surface area contributed by atoms with Gasteiger partial charge < -0.3 is 15.0 Å². The first kappa shape index (κ1) is 16.9. The summed E-state index contributed by atoms with van der Waals surface area (Å²) in [7, 11) is 1.68. The Hall–Kier alpha value is -1.97. The Balaban J connectivity index is 1.73. The number of rotatable bonds is 5. The van der Waals surface area contributed by atoms with E-state index in [0.717, 1.165) is 29.5 Å². The maximum atomic E-state index is 12.4. The zero-order valence-electron chi connectivity index (χ0n) is 14.9. The number of carbonyl (C=O) groups is 1. The fraction of sp³-hybridized carbons (Fsp3) is 0.550. The molecule has 4 heteroatoms. The monoisotopic (exact) mass is 328 g/mol. The van der Waals surface area contributed by atoms with Crippen LogP contribution in [0.2, 0.25) is 0 Å². The van der Waals surface area contributed by atoms with Gasteiger partial charge in [-0.05, 0) is 36.6 Å². The van der Waals surface area contributed by atoms with Crippen LogP contribution in [-0.2, 0) is 10.2 Å². The van der Waals surface area contributed by atoms with Crippen LogP contribution in [0, 0.1) is 5.92 Å². The van der Waals surface area contributed by atoms with Gasteiger partial charge in [-0.15, -0.1) is 0 Å². The first-order valence-electron chi connectivity index (χ1n) is 8.94. The third-order valence-corrected chi connectivity index (χ3v) is 5.30. The highest BCUT2D eigenvalue weighted by molar-refractivity contribution is 5.86. The molecule has 1 heterocycles. The molecule has 1 saturated carbocycles. The van der Waals surface area contributed by atoms with Gasteiger partial charge in [0.25, 0.3) is 0 Å². The largest absolute Gasteiger partial charge is 0.497 e. The number of benzene rings is 1. The van der Waals surface area contributed by atoms with Crippen LogP contribution < -0.4 is 10.1 Å². The van der Waals surface area contributed by atoms with Gasteiger partial charge in [0.2, 0.25) is 5.91 Å². The van der Waals surface area contributed by atoms with Crippen molar-refractivity contribution in [1.29, 1.82) is 0 Å². The Morgan fingerprint density at radius 2 is 2.04 bits per heavy atom. The van der Waals surface area contributed by atoms with Gasteiger partial charge >= 0.3 is 0 Å². The molecule has 0 aliphatic heterocycles. The highest BCUT2D eigenvalue weighted by atomic mass is 16.5. The van der Waals surface area contributed by atoms with Crippen molar-refractivity contribution in [3.05, 3.63) is 30.0 Å². The van der Waals surface area contributed by atoms with E-state index in [0.29, 0.717) is 6.54 Å². The van der Waals surface area contributed by atoms with E-state index in [4.69, 9.17) is 4.74 Å². The van der Waals surface area contributed by atoms with Gasteiger partial charge in [0.1, 0.15) is 5.75 Å². The molecule has 0 spiro atoms. The van der Waals surface area contributed by atoms with Crippen molar-refractivity contribution in [2.75, 3.05) is 13.7 Å². The van der Waals surface area contributed by atoms with Crippen molar-refractivity contribution >= 4 is 16.8 Å². The Bertz CT molecular complexity index is 711. The number of ether oxygens (including phenoxy) is 1. The standard InChI is InChI=1S/C20H28N2O2/c1-20(2,13-22-19(23)14-7-5-4-6-8-14)17-12-21-18-10-9-15(24-3)11-16(17)18/h9-12,14,21H,4-8,13H2,1-3H3,(H,22,23). The van der Waals surface area contributed by atoms with Crippen molar-refractivity contribution in [2.45, 2.75) is 51.4 Å². The lowest BCUT2D eigenvalue weighted by Gasteiger charge is -2.27. The maximum absolute atomic E-state index is 12.4. The predicted octanol–water partition coefficient (Wildman–Crippen LogP) is 4.15. The molecule has 1 aliphatic rings. The molecule has 3 rings (SSSR count). The lowest BCUT2D eigenvalue weighted by molar-refractivity contribution is -0.126. The van der Waals surface area contributed by atoms with E-state index in [9.17, 15) is 4.79 Å². The number of carbonyl (C=O) groups excluding carboxylic acids is 1. The van der Waals surface area contributed by atoms with Crippen molar-refractivity contribution in [3.63, 3.8) is 0 Å². The van der Waals surface area contributed by atoms with E-state index in [2.05, 4.69) is 36.4 Å². The summed E-state index contributed by atoms with van der Waals surface area (Å²) in [5.41, 5.74) is 2.16. The zero-order chi connectivity index (χ0) is 17.2. The molecule has 0 radical (unpaired) electrons. The third kappa shape index (κ3) is 3.42. The summed E-state index contributed by atoms with van der Waals surface area (Å²) in [5.74, 6) is 1.28. The van der Waals surface area contributed by atoms with Crippen LogP contribution in [0.1, 0.15) is 51.5 Å². The summed E-state index contributed by atoms with van der Waals surface area (Å²) in [6.45, 7) is 5.00. The first-order chi connectivity index (χ1) is 11.5. The second-order valence-corrected chi connectivity index (χ2v) is 7.55. The van der Waals surface area contributed by atoms with Crippen LogP contribution >= 0.6 is 0 Å². The average Bonchev–Trinajstić information content (AvgIpc) is 3.04. The molecular formula is C20H28N2O2. The summed E-state index contributed by atoms with van der Waals surface area (Å²) in [6.07, 6.45) is 7.77. The Labute approximate surface area is 144 Å². The minimum Gasteiger partial charge on any atom is -0.497 e. The molecule has 0 unspecified atom stereocenters. The molecule has 0 saturated heterocycles. The molecule has 1 aliphatic carbocycles. The van der Waals surface area contributed by atoms with Crippen LogP contribution in [0.15, 0.2) is 24.4 Å². The molecule has 4 nitrogen and oxygen atoms in total. The van der Waals surface area contributed by atoms with Crippen LogP contribution in [-0.4, -0.2) is 24.5 Å². The van der Waals surface area contributed by atoms with Crippen LogP contribution in [0.4, 0.5) is 0 Å². The number of hydrogen-bond acceptors (Lipinski definition) is 2. The summed E-state index contributed by atoms with van der Waals surface area (Å²) in [4.78, 5) is 15.8. The van der Waals surface area contributed by atoms with Crippen LogP contribution in [0.5, 0.6) is 5.75 Å². The van der Waals surface area contributed by atoms with Crippen LogP contribution in [0.25, 0.3) is 10.9 Å². The van der Waals surface area contributed by atoms with E-state index in [-0.39, 0.29) is 17.2 Å². The number of aromatic amines is 1. The molecular weight excluding hydrogens is 300 g/mol. The SMILES string of the molecule is COc1ccc2[nH]cc(C(C)(C)CNC(=O)C3CCCCC3)c2c1. The van der Waals surface area contributed by atoms with Crippen molar-refractivity contribution in [1.82, 2.24) is 10.3 Å². The molecule has 2 aromatic rings. The van der Waals surface area contributed by atoms with Gasteiger partial charge in [-0.25, -0.2) is 0 Å². The van der Waals surface area contributed by atoms with Crippen molar-refractivity contribution in [3.8, 4) is 5.75 Å².